The predicted octanol–water partition coefficient (Wildman–Crippen LogP) is 8.06. The highest BCUT2D eigenvalue weighted by atomic mass is 16.6. The van der Waals surface area contributed by atoms with Gasteiger partial charge in [0.15, 0.2) is 6.61 Å². The lowest BCUT2D eigenvalue weighted by molar-refractivity contribution is -0.162. The molecule has 208 valence electrons. The summed E-state index contributed by atoms with van der Waals surface area (Å²) in [5.74, 6) is 4.05. The van der Waals surface area contributed by atoms with Gasteiger partial charge in [-0.3, -0.25) is 0 Å². The molecule has 0 aliphatic heterocycles. The topological polar surface area (TPSA) is 52.6 Å². The van der Waals surface area contributed by atoms with E-state index in [1.165, 1.54) is 44.1 Å². The van der Waals surface area contributed by atoms with Crippen molar-refractivity contribution in [3.8, 4) is 0 Å². The maximum atomic E-state index is 12.4. The van der Waals surface area contributed by atoms with E-state index in [0.29, 0.717) is 11.0 Å². The Labute approximate surface area is 226 Å². The summed E-state index contributed by atoms with van der Waals surface area (Å²) in [5, 5.41) is 0. The van der Waals surface area contributed by atoms with Crippen LogP contribution in [0, 0.1) is 46.3 Å². The van der Waals surface area contributed by atoms with Crippen LogP contribution < -0.4 is 0 Å². The molecule has 4 heteroatoms. The van der Waals surface area contributed by atoms with Gasteiger partial charge in [-0.1, -0.05) is 59.3 Å². The number of rotatable bonds is 8. The molecule has 0 aromatic heterocycles. The number of carbonyl (C=O) groups excluding carboxylic acids is 2. The molecule has 4 aliphatic rings. The molecule has 0 bridgehead atoms. The Balaban J connectivity index is 1.38. The Morgan fingerprint density at radius 1 is 1.08 bits per heavy atom. The normalized spacial score (nSPS) is 38.2. The first-order valence-electron chi connectivity index (χ1n) is 15.2. The van der Waals surface area contributed by atoms with Crippen molar-refractivity contribution in [1.29, 1.82) is 0 Å². The summed E-state index contributed by atoms with van der Waals surface area (Å²) in [5.41, 5.74) is 2.80. The van der Waals surface area contributed by atoms with Crippen molar-refractivity contribution < 1.29 is 19.1 Å². The van der Waals surface area contributed by atoms with E-state index in [0.717, 1.165) is 61.2 Å². The number of allylic oxidation sites excluding steroid dienone is 2. The molecule has 0 spiro atoms. The Morgan fingerprint density at radius 3 is 2.54 bits per heavy atom. The van der Waals surface area contributed by atoms with E-state index in [-0.39, 0.29) is 18.1 Å². The van der Waals surface area contributed by atoms with Gasteiger partial charge in [-0.05, 0) is 111 Å². The number of hydrogen-bond acceptors (Lipinski definition) is 4. The van der Waals surface area contributed by atoms with Crippen molar-refractivity contribution in [3.05, 3.63) is 23.3 Å². The van der Waals surface area contributed by atoms with E-state index in [1.807, 2.05) is 13.0 Å². The molecule has 0 aromatic carbocycles. The smallest absolute Gasteiger partial charge is 0.344 e. The SMILES string of the molecule is CC/C=C(\C)C(=O)OCC(=O)OC1CCC2(C)C(=CCC3C2CCC2(C)C(C(C)CC(C)C)CCC32)C1. The second-order valence-electron chi connectivity index (χ2n) is 13.8. The number of hydrogen-bond donors (Lipinski definition) is 0. The van der Waals surface area contributed by atoms with Gasteiger partial charge in [-0.2, -0.15) is 0 Å². The lowest BCUT2D eigenvalue weighted by Gasteiger charge is -2.58. The third-order valence-corrected chi connectivity index (χ3v) is 11.1. The standard InChI is InChI=1S/C33H52O4/c1-8-9-22(4)31(35)36-20-30(34)37-25-14-16-32(6)24(19-25)10-11-26-28-13-12-27(23(5)18-21(2)3)33(28,7)17-15-29(26)32/h9-10,21,23,25-29H,8,11-20H2,1-7H3/b22-9+. The number of fused-ring (bicyclic) bond motifs is 5. The molecule has 3 saturated carbocycles. The highest BCUT2D eigenvalue weighted by molar-refractivity contribution is 5.89. The lowest BCUT2D eigenvalue weighted by atomic mass is 9.47. The van der Waals surface area contributed by atoms with E-state index in [4.69, 9.17) is 9.47 Å². The summed E-state index contributed by atoms with van der Waals surface area (Å²) < 4.78 is 10.9. The highest BCUT2D eigenvalue weighted by Crippen LogP contribution is 2.67. The van der Waals surface area contributed by atoms with Gasteiger partial charge in [-0.15, -0.1) is 0 Å². The quantitative estimate of drug-likeness (QED) is 0.187. The van der Waals surface area contributed by atoms with Crippen molar-refractivity contribution in [1.82, 2.24) is 0 Å². The Bertz CT molecular complexity index is 915. The molecular weight excluding hydrogens is 460 g/mol. The second-order valence-corrected chi connectivity index (χ2v) is 13.8. The molecule has 3 fully saturated rings. The van der Waals surface area contributed by atoms with E-state index in [1.54, 1.807) is 6.92 Å². The van der Waals surface area contributed by atoms with Crippen LogP contribution in [0.15, 0.2) is 23.3 Å². The molecule has 8 atom stereocenters. The third kappa shape index (κ3) is 5.59. The molecule has 0 radical (unpaired) electrons. The molecule has 4 nitrogen and oxygen atoms in total. The monoisotopic (exact) mass is 512 g/mol. The summed E-state index contributed by atoms with van der Waals surface area (Å²) in [4.78, 5) is 24.4. The summed E-state index contributed by atoms with van der Waals surface area (Å²) in [6, 6.07) is 0. The zero-order valence-corrected chi connectivity index (χ0v) is 24.6. The number of ether oxygens (including phenoxy) is 2. The largest absolute Gasteiger partial charge is 0.460 e. The van der Waals surface area contributed by atoms with Crippen LogP contribution in [0.5, 0.6) is 0 Å². The van der Waals surface area contributed by atoms with E-state index in [9.17, 15) is 9.59 Å². The minimum atomic E-state index is -0.437. The van der Waals surface area contributed by atoms with Crippen molar-refractivity contribution >= 4 is 11.9 Å². The molecular formula is C33H52O4. The van der Waals surface area contributed by atoms with Crippen LogP contribution in [-0.2, 0) is 19.1 Å². The molecule has 4 rings (SSSR count). The van der Waals surface area contributed by atoms with Gasteiger partial charge in [0.2, 0.25) is 0 Å². The Morgan fingerprint density at radius 2 is 1.84 bits per heavy atom. The van der Waals surface area contributed by atoms with Gasteiger partial charge in [0.25, 0.3) is 0 Å². The van der Waals surface area contributed by atoms with Gasteiger partial charge in [0.05, 0.1) is 0 Å². The first-order valence-corrected chi connectivity index (χ1v) is 15.2. The maximum Gasteiger partial charge on any atom is 0.344 e. The highest BCUT2D eigenvalue weighted by Gasteiger charge is 2.59. The lowest BCUT2D eigenvalue weighted by Crippen LogP contribution is -2.51. The van der Waals surface area contributed by atoms with E-state index >= 15 is 0 Å². The molecule has 0 heterocycles. The van der Waals surface area contributed by atoms with Crippen molar-refractivity contribution in [3.63, 3.8) is 0 Å². The number of esters is 2. The average Bonchev–Trinajstić information content (AvgIpc) is 3.20. The minimum Gasteiger partial charge on any atom is -0.460 e. The molecule has 0 aromatic rings. The average molecular weight is 513 g/mol. The molecule has 4 aliphatic carbocycles. The Kier molecular flexibility index (Phi) is 8.65. The van der Waals surface area contributed by atoms with Crippen LogP contribution in [0.4, 0.5) is 0 Å². The fourth-order valence-corrected chi connectivity index (χ4v) is 9.46. The molecule has 37 heavy (non-hydrogen) atoms. The first-order chi connectivity index (χ1) is 17.5. The van der Waals surface area contributed by atoms with Crippen molar-refractivity contribution in [2.45, 2.75) is 119 Å². The van der Waals surface area contributed by atoms with Crippen molar-refractivity contribution in [2.24, 2.45) is 46.3 Å². The zero-order valence-electron chi connectivity index (χ0n) is 24.6. The summed E-state index contributed by atoms with van der Waals surface area (Å²) in [6.45, 7) is 15.8. The third-order valence-electron chi connectivity index (χ3n) is 11.1. The van der Waals surface area contributed by atoms with Crippen LogP contribution in [0.2, 0.25) is 0 Å². The van der Waals surface area contributed by atoms with Crippen LogP contribution in [-0.4, -0.2) is 24.6 Å². The summed E-state index contributed by atoms with van der Waals surface area (Å²) in [6.07, 6.45) is 16.0. The van der Waals surface area contributed by atoms with Crippen LogP contribution in [0.1, 0.15) is 113 Å². The molecule has 0 N–H and O–H groups in total. The maximum absolute atomic E-state index is 12.4. The van der Waals surface area contributed by atoms with E-state index < -0.39 is 11.9 Å². The van der Waals surface area contributed by atoms with Gasteiger partial charge < -0.3 is 9.47 Å². The van der Waals surface area contributed by atoms with E-state index in [2.05, 4.69) is 40.7 Å². The van der Waals surface area contributed by atoms with Crippen molar-refractivity contribution in [2.75, 3.05) is 6.61 Å². The Hall–Kier alpha value is -1.58. The summed E-state index contributed by atoms with van der Waals surface area (Å²) >= 11 is 0. The minimum absolute atomic E-state index is 0.101. The summed E-state index contributed by atoms with van der Waals surface area (Å²) in [7, 11) is 0. The van der Waals surface area contributed by atoms with Gasteiger partial charge in [-0.25, -0.2) is 9.59 Å². The van der Waals surface area contributed by atoms with Gasteiger partial charge in [0, 0.05) is 12.0 Å². The van der Waals surface area contributed by atoms with Crippen LogP contribution >= 0.6 is 0 Å². The predicted molar refractivity (Wildman–Crippen MR) is 149 cm³/mol. The fourth-order valence-electron chi connectivity index (χ4n) is 9.46. The van der Waals surface area contributed by atoms with Gasteiger partial charge >= 0.3 is 11.9 Å². The fraction of sp³-hybridized carbons (Fsp3) is 0.818. The van der Waals surface area contributed by atoms with Gasteiger partial charge in [0.1, 0.15) is 6.10 Å². The van der Waals surface area contributed by atoms with Crippen LogP contribution in [0.25, 0.3) is 0 Å². The molecule has 0 amide bonds. The van der Waals surface area contributed by atoms with Crippen LogP contribution in [0.3, 0.4) is 0 Å². The number of carbonyl (C=O) groups is 2. The first kappa shape index (κ1) is 28.4. The second kappa shape index (κ2) is 11.3. The molecule has 0 saturated heterocycles. The zero-order chi connectivity index (χ0) is 27.0. The molecule has 8 unspecified atom stereocenters.